The van der Waals surface area contributed by atoms with E-state index < -0.39 is 0 Å². The molecule has 0 aliphatic carbocycles. The van der Waals surface area contributed by atoms with E-state index in [2.05, 4.69) is 10.4 Å². The topological polar surface area (TPSA) is 46.9 Å². The van der Waals surface area contributed by atoms with Gasteiger partial charge < -0.3 is 5.32 Å². The molecule has 1 N–H and O–H groups in total. The summed E-state index contributed by atoms with van der Waals surface area (Å²) in [5, 5.41) is 8.36. The van der Waals surface area contributed by atoms with Crippen molar-refractivity contribution in [2.45, 2.75) is 24.8 Å². The first kappa shape index (κ1) is 9.58. The first-order chi connectivity index (χ1) is 6.72. The number of nitrogens with one attached hydrogen (secondary N) is 1. The molecule has 1 aliphatic rings. The zero-order valence-electron chi connectivity index (χ0n) is 8.33. The van der Waals surface area contributed by atoms with Crippen LogP contribution in [0.3, 0.4) is 0 Å². The number of hydrogen-bond acceptors (Lipinski definition) is 3. The molecule has 1 aliphatic heterocycles. The number of aryl methyl sites for hydroxylation is 2. The van der Waals surface area contributed by atoms with Crippen LogP contribution in [0.2, 0.25) is 0 Å². The van der Waals surface area contributed by atoms with Gasteiger partial charge in [-0.25, -0.2) is 0 Å². The highest BCUT2D eigenvalue weighted by atomic mass is 32.2. The number of amides is 1. The second-order valence-electron chi connectivity index (χ2n) is 3.25. The highest BCUT2D eigenvalue weighted by molar-refractivity contribution is 7.99. The van der Waals surface area contributed by atoms with Crippen LogP contribution in [0.4, 0.5) is 5.69 Å². The average Bonchev–Trinajstić information content (AvgIpc) is 2.36. The maximum Gasteiger partial charge on any atom is 0.225 e. The van der Waals surface area contributed by atoms with E-state index in [4.69, 9.17) is 0 Å². The van der Waals surface area contributed by atoms with Crippen molar-refractivity contribution in [3.8, 4) is 0 Å². The number of thioether (sulfide) groups is 1. The van der Waals surface area contributed by atoms with Crippen LogP contribution in [0.25, 0.3) is 0 Å². The monoisotopic (exact) mass is 211 g/mol. The summed E-state index contributed by atoms with van der Waals surface area (Å²) in [6.07, 6.45) is 1.44. The quantitative estimate of drug-likeness (QED) is 0.764. The second-order valence-corrected chi connectivity index (χ2v) is 4.33. The first-order valence-corrected chi connectivity index (χ1v) is 5.69. The molecule has 1 aromatic rings. The molecule has 76 valence electrons. The Hall–Kier alpha value is -0.970. The standard InChI is InChI=1S/C9H13N3OS/c1-3-6-8-9(12(2)11-6)14-5-4-7(13)10-8/h3-5H2,1-2H3,(H,10,13). The number of fused-ring (bicyclic) bond motifs is 1. The molecule has 0 saturated carbocycles. The summed E-state index contributed by atoms with van der Waals surface area (Å²) in [4.78, 5) is 11.4. The molecular formula is C9H13N3OS. The van der Waals surface area contributed by atoms with Gasteiger partial charge in [0.1, 0.15) is 5.03 Å². The maximum atomic E-state index is 11.4. The summed E-state index contributed by atoms with van der Waals surface area (Å²) >= 11 is 1.69. The van der Waals surface area contributed by atoms with E-state index in [9.17, 15) is 4.79 Å². The van der Waals surface area contributed by atoms with Gasteiger partial charge in [-0.1, -0.05) is 6.92 Å². The lowest BCUT2D eigenvalue weighted by Gasteiger charge is -2.01. The fourth-order valence-electron chi connectivity index (χ4n) is 1.54. The average molecular weight is 211 g/mol. The van der Waals surface area contributed by atoms with Crippen molar-refractivity contribution >= 4 is 23.4 Å². The van der Waals surface area contributed by atoms with Gasteiger partial charge in [0.2, 0.25) is 5.91 Å². The van der Waals surface area contributed by atoms with Gasteiger partial charge in [-0.05, 0) is 6.42 Å². The molecule has 5 heteroatoms. The number of nitrogens with zero attached hydrogens (tertiary/aromatic N) is 2. The first-order valence-electron chi connectivity index (χ1n) is 4.71. The molecule has 0 spiro atoms. The fourth-order valence-corrected chi connectivity index (χ4v) is 2.56. The highest BCUT2D eigenvalue weighted by Gasteiger charge is 2.20. The molecule has 1 amide bonds. The Morgan fingerprint density at radius 1 is 1.64 bits per heavy atom. The zero-order chi connectivity index (χ0) is 10.1. The smallest absolute Gasteiger partial charge is 0.225 e. The van der Waals surface area contributed by atoms with Crippen LogP contribution in [-0.4, -0.2) is 21.4 Å². The van der Waals surface area contributed by atoms with Crippen molar-refractivity contribution in [2.75, 3.05) is 11.1 Å². The van der Waals surface area contributed by atoms with Crippen molar-refractivity contribution in [3.05, 3.63) is 5.69 Å². The van der Waals surface area contributed by atoms with Crippen molar-refractivity contribution in [1.29, 1.82) is 0 Å². The molecular weight excluding hydrogens is 198 g/mol. The number of carbonyl (C=O) groups is 1. The summed E-state index contributed by atoms with van der Waals surface area (Å²) in [6.45, 7) is 2.05. The van der Waals surface area contributed by atoms with Gasteiger partial charge in [-0.3, -0.25) is 9.48 Å². The second kappa shape index (κ2) is 3.65. The van der Waals surface area contributed by atoms with Crippen LogP contribution in [0.5, 0.6) is 0 Å². The molecule has 4 nitrogen and oxygen atoms in total. The van der Waals surface area contributed by atoms with E-state index in [1.807, 2.05) is 18.7 Å². The van der Waals surface area contributed by atoms with Gasteiger partial charge in [0.15, 0.2) is 0 Å². The molecule has 0 unspecified atom stereocenters. The van der Waals surface area contributed by atoms with Crippen molar-refractivity contribution < 1.29 is 4.79 Å². The lowest BCUT2D eigenvalue weighted by molar-refractivity contribution is -0.115. The van der Waals surface area contributed by atoms with Crippen LogP contribution in [-0.2, 0) is 18.3 Å². The Morgan fingerprint density at radius 3 is 3.14 bits per heavy atom. The van der Waals surface area contributed by atoms with E-state index in [1.165, 1.54) is 0 Å². The molecule has 0 aromatic carbocycles. The predicted molar refractivity (Wildman–Crippen MR) is 56.6 cm³/mol. The minimum atomic E-state index is 0.0963. The zero-order valence-corrected chi connectivity index (χ0v) is 9.15. The highest BCUT2D eigenvalue weighted by Crippen LogP contribution is 2.33. The summed E-state index contributed by atoms with van der Waals surface area (Å²) in [7, 11) is 1.92. The van der Waals surface area contributed by atoms with E-state index in [-0.39, 0.29) is 5.91 Å². The minimum absolute atomic E-state index is 0.0963. The number of aromatic nitrogens is 2. The van der Waals surface area contributed by atoms with E-state index in [0.29, 0.717) is 6.42 Å². The van der Waals surface area contributed by atoms with Crippen molar-refractivity contribution in [1.82, 2.24) is 9.78 Å². The van der Waals surface area contributed by atoms with E-state index >= 15 is 0 Å². The Balaban J connectivity index is 2.46. The Labute approximate surface area is 87.1 Å². The summed E-state index contributed by atoms with van der Waals surface area (Å²) in [6, 6.07) is 0. The number of hydrogen-bond donors (Lipinski definition) is 1. The molecule has 0 radical (unpaired) electrons. The summed E-state index contributed by atoms with van der Waals surface area (Å²) in [5.41, 5.74) is 1.90. The van der Waals surface area contributed by atoms with Gasteiger partial charge in [0.25, 0.3) is 0 Å². The number of anilines is 1. The molecule has 2 rings (SSSR count). The van der Waals surface area contributed by atoms with Gasteiger partial charge in [0, 0.05) is 19.2 Å². The van der Waals surface area contributed by atoms with Crippen LogP contribution in [0.1, 0.15) is 19.0 Å². The molecule has 1 aromatic heterocycles. The van der Waals surface area contributed by atoms with Crippen molar-refractivity contribution in [3.63, 3.8) is 0 Å². The third-order valence-corrected chi connectivity index (χ3v) is 3.38. The van der Waals surface area contributed by atoms with Crippen LogP contribution in [0, 0.1) is 0 Å². The van der Waals surface area contributed by atoms with Crippen LogP contribution < -0.4 is 5.32 Å². The lowest BCUT2D eigenvalue weighted by atomic mass is 10.3. The summed E-state index contributed by atoms with van der Waals surface area (Å²) in [5.74, 6) is 0.931. The normalized spacial score (nSPS) is 16.0. The van der Waals surface area contributed by atoms with Gasteiger partial charge in [-0.15, -0.1) is 11.8 Å². The van der Waals surface area contributed by atoms with Crippen LogP contribution >= 0.6 is 11.8 Å². The van der Waals surface area contributed by atoms with Gasteiger partial charge >= 0.3 is 0 Å². The van der Waals surface area contributed by atoms with Gasteiger partial charge in [-0.2, -0.15) is 5.10 Å². The molecule has 0 bridgehead atoms. The fraction of sp³-hybridized carbons (Fsp3) is 0.556. The molecule has 14 heavy (non-hydrogen) atoms. The Bertz CT molecular complexity index is 372. The maximum absolute atomic E-state index is 11.4. The molecule has 0 fully saturated rings. The van der Waals surface area contributed by atoms with E-state index in [0.717, 1.165) is 28.6 Å². The SMILES string of the molecule is CCc1nn(C)c2c1NC(=O)CCS2. The number of rotatable bonds is 1. The third kappa shape index (κ3) is 1.52. The third-order valence-electron chi connectivity index (χ3n) is 2.23. The summed E-state index contributed by atoms with van der Waals surface area (Å²) < 4.78 is 1.85. The predicted octanol–water partition coefficient (Wildman–Crippen LogP) is 1.42. The Kier molecular flexibility index (Phi) is 2.50. The molecule has 2 heterocycles. The van der Waals surface area contributed by atoms with Crippen LogP contribution in [0.15, 0.2) is 5.03 Å². The minimum Gasteiger partial charge on any atom is -0.322 e. The van der Waals surface area contributed by atoms with Crippen molar-refractivity contribution in [2.24, 2.45) is 7.05 Å². The largest absolute Gasteiger partial charge is 0.322 e. The van der Waals surface area contributed by atoms with E-state index in [1.54, 1.807) is 11.8 Å². The molecule has 0 saturated heterocycles. The molecule has 0 atom stereocenters. The van der Waals surface area contributed by atoms with Gasteiger partial charge in [0.05, 0.1) is 11.4 Å². The lowest BCUT2D eigenvalue weighted by Crippen LogP contribution is -2.11. The number of carbonyl (C=O) groups excluding carboxylic acids is 1. The Morgan fingerprint density at radius 2 is 2.43 bits per heavy atom.